The summed E-state index contributed by atoms with van der Waals surface area (Å²) in [6.45, 7) is 2.51. The number of benzene rings is 1. The fraction of sp³-hybridized carbons (Fsp3) is 0.312. The summed E-state index contributed by atoms with van der Waals surface area (Å²) in [5.74, 6) is -0.404. The van der Waals surface area contributed by atoms with Gasteiger partial charge in [0.2, 0.25) is 5.95 Å². The normalized spacial score (nSPS) is 11.2. The zero-order valence-corrected chi connectivity index (χ0v) is 14.1. The highest BCUT2D eigenvalue weighted by atomic mass is 35.5. The minimum Gasteiger partial charge on any atom is -0.351 e. The smallest absolute Gasteiger partial charge is 0.351 e. The molecule has 0 saturated carbocycles. The van der Waals surface area contributed by atoms with Gasteiger partial charge in [0.05, 0.1) is 16.3 Å². The first-order valence-corrected chi connectivity index (χ1v) is 7.94. The van der Waals surface area contributed by atoms with E-state index in [4.69, 9.17) is 11.6 Å². The van der Waals surface area contributed by atoms with Crippen LogP contribution in [0.3, 0.4) is 0 Å². The van der Waals surface area contributed by atoms with Crippen LogP contribution in [0.2, 0.25) is 5.02 Å². The van der Waals surface area contributed by atoms with Crippen LogP contribution < -0.4 is 10.6 Å². The zero-order chi connectivity index (χ0) is 18.4. The maximum Gasteiger partial charge on any atom is 0.416 e. The van der Waals surface area contributed by atoms with Gasteiger partial charge in [0, 0.05) is 12.7 Å². The molecule has 2 N–H and O–H groups in total. The Labute approximate surface area is 147 Å². The summed E-state index contributed by atoms with van der Waals surface area (Å²) in [6.07, 6.45) is -1.39. The van der Waals surface area contributed by atoms with E-state index >= 15 is 0 Å². The predicted molar refractivity (Wildman–Crippen MR) is 89.0 cm³/mol. The van der Waals surface area contributed by atoms with Gasteiger partial charge in [-0.2, -0.15) is 13.2 Å². The van der Waals surface area contributed by atoms with Gasteiger partial charge >= 0.3 is 6.18 Å². The van der Waals surface area contributed by atoms with Gasteiger partial charge in [-0.1, -0.05) is 24.9 Å². The third kappa shape index (κ3) is 5.32. The van der Waals surface area contributed by atoms with Gasteiger partial charge in [-0.3, -0.25) is 4.79 Å². The molecule has 2 aromatic rings. The molecule has 0 spiro atoms. The Morgan fingerprint density at radius 3 is 2.72 bits per heavy atom. The average Bonchev–Trinajstić information content (AvgIpc) is 2.56. The Hall–Kier alpha value is -2.35. The fourth-order valence-electron chi connectivity index (χ4n) is 1.93. The molecular weight excluding hydrogens is 357 g/mol. The van der Waals surface area contributed by atoms with Crippen molar-refractivity contribution in [3.8, 4) is 0 Å². The van der Waals surface area contributed by atoms with Crippen molar-refractivity contribution in [3.63, 3.8) is 0 Å². The lowest BCUT2D eigenvalue weighted by molar-refractivity contribution is -0.137. The van der Waals surface area contributed by atoms with Crippen molar-refractivity contribution in [1.29, 1.82) is 0 Å². The third-order valence-electron chi connectivity index (χ3n) is 3.24. The van der Waals surface area contributed by atoms with E-state index in [1.165, 1.54) is 12.3 Å². The van der Waals surface area contributed by atoms with Gasteiger partial charge in [0.1, 0.15) is 5.69 Å². The van der Waals surface area contributed by atoms with E-state index in [2.05, 4.69) is 20.6 Å². The monoisotopic (exact) mass is 372 g/mol. The number of nitrogens with one attached hydrogen (secondary N) is 2. The van der Waals surface area contributed by atoms with Crippen LogP contribution in [0.15, 0.2) is 30.5 Å². The molecule has 1 amide bonds. The number of carbonyl (C=O) groups excluding carboxylic acids is 1. The van der Waals surface area contributed by atoms with Crippen LogP contribution in [0.5, 0.6) is 0 Å². The molecule has 0 saturated heterocycles. The lowest BCUT2D eigenvalue weighted by Crippen LogP contribution is -2.25. The van der Waals surface area contributed by atoms with Crippen molar-refractivity contribution >= 4 is 29.1 Å². The minimum atomic E-state index is -4.50. The summed E-state index contributed by atoms with van der Waals surface area (Å²) in [7, 11) is 0. The van der Waals surface area contributed by atoms with Crippen molar-refractivity contribution in [2.45, 2.75) is 25.9 Å². The van der Waals surface area contributed by atoms with Crippen LogP contribution >= 0.6 is 11.6 Å². The average molecular weight is 373 g/mol. The molecular formula is C16H16ClF3N4O. The Morgan fingerprint density at radius 1 is 1.28 bits per heavy atom. The Kier molecular flexibility index (Phi) is 6.19. The number of hydrogen-bond donors (Lipinski definition) is 2. The van der Waals surface area contributed by atoms with Crippen LogP contribution in [0.4, 0.5) is 24.8 Å². The summed E-state index contributed by atoms with van der Waals surface area (Å²) in [5.41, 5.74) is -0.746. The number of unbranched alkanes of at least 4 members (excludes halogenated alkanes) is 1. The second-order valence-electron chi connectivity index (χ2n) is 5.19. The first-order valence-electron chi connectivity index (χ1n) is 7.56. The Morgan fingerprint density at radius 2 is 2.04 bits per heavy atom. The van der Waals surface area contributed by atoms with Gasteiger partial charge in [0.15, 0.2) is 0 Å². The van der Waals surface area contributed by atoms with Crippen molar-refractivity contribution in [3.05, 3.63) is 46.7 Å². The summed E-state index contributed by atoms with van der Waals surface area (Å²) in [4.78, 5) is 19.9. The first kappa shape index (κ1) is 19.0. The fourth-order valence-corrected chi connectivity index (χ4v) is 2.10. The second-order valence-corrected chi connectivity index (χ2v) is 5.60. The number of halogens is 4. The standard InChI is InChI=1S/C16H16ClF3N4O/c1-2-3-7-21-14(25)12-6-8-22-15(23-12)24-13-9-10(16(18,19)20)4-5-11(13)17/h4-6,8-9H,2-3,7H2,1H3,(H,21,25)(H,22,23,24). The Bertz CT molecular complexity index is 752. The quantitative estimate of drug-likeness (QED) is 0.736. The van der Waals surface area contributed by atoms with Crippen molar-refractivity contribution in [2.24, 2.45) is 0 Å². The van der Waals surface area contributed by atoms with Gasteiger partial charge < -0.3 is 10.6 Å². The number of amides is 1. The van der Waals surface area contributed by atoms with Crippen LogP contribution in [0.1, 0.15) is 35.8 Å². The molecule has 1 aromatic heterocycles. The lowest BCUT2D eigenvalue weighted by Gasteiger charge is -2.12. The summed E-state index contributed by atoms with van der Waals surface area (Å²) in [5, 5.41) is 5.39. The molecule has 9 heteroatoms. The number of hydrogen-bond acceptors (Lipinski definition) is 4. The number of rotatable bonds is 6. The van der Waals surface area contributed by atoms with Crippen LogP contribution in [-0.4, -0.2) is 22.4 Å². The molecule has 0 aliphatic heterocycles. The van der Waals surface area contributed by atoms with Crippen LogP contribution in [0.25, 0.3) is 0 Å². The first-order chi connectivity index (χ1) is 11.8. The maximum absolute atomic E-state index is 12.8. The third-order valence-corrected chi connectivity index (χ3v) is 3.57. The van der Waals surface area contributed by atoms with Gasteiger partial charge in [0.25, 0.3) is 5.91 Å². The largest absolute Gasteiger partial charge is 0.416 e. The molecule has 1 aromatic carbocycles. The molecule has 1 heterocycles. The topological polar surface area (TPSA) is 66.9 Å². The molecule has 0 atom stereocenters. The van der Waals surface area contributed by atoms with E-state index in [9.17, 15) is 18.0 Å². The zero-order valence-electron chi connectivity index (χ0n) is 13.3. The van der Waals surface area contributed by atoms with Gasteiger partial charge in [-0.15, -0.1) is 0 Å². The number of aromatic nitrogens is 2. The van der Waals surface area contributed by atoms with Gasteiger partial charge in [-0.25, -0.2) is 9.97 Å². The van der Waals surface area contributed by atoms with E-state index in [0.717, 1.165) is 31.0 Å². The predicted octanol–water partition coefficient (Wildman–Crippen LogP) is 4.42. The highest BCUT2D eigenvalue weighted by molar-refractivity contribution is 6.33. The molecule has 25 heavy (non-hydrogen) atoms. The van der Waals surface area contributed by atoms with Crippen molar-refractivity contribution < 1.29 is 18.0 Å². The molecule has 0 aliphatic rings. The van der Waals surface area contributed by atoms with E-state index in [1.807, 2.05) is 6.92 Å². The number of carbonyl (C=O) groups is 1. The number of alkyl halides is 3. The summed E-state index contributed by atoms with van der Waals surface area (Å²) >= 11 is 5.92. The maximum atomic E-state index is 12.8. The summed E-state index contributed by atoms with van der Waals surface area (Å²) < 4.78 is 38.4. The van der Waals surface area contributed by atoms with Crippen molar-refractivity contribution in [1.82, 2.24) is 15.3 Å². The highest BCUT2D eigenvalue weighted by Crippen LogP contribution is 2.34. The van der Waals surface area contributed by atoms with Crippen molar-refractivity contribution in [2.75, 3.05) is 11.9 Å². The minimum absolute atomic E-state index is 0.0000304. The highest BCUT2D eigenvalue weighted by Gasteiger charge is 2.31. The summed E-state index contributed by atoms with van der Waals surface area (Å²) in [6, 6.07) is 4.29. The second kappa shape index (κ2) is 8.15. The van der Waals surface area contributed by atoms with E-state index < -0.39 is 11.7 Å². The number of anilines is 2. The molecule has 134 valence electrons. The van der Waals surface area contributed by atoms with E-state index in [-0.39, 0.29) is 28.3 Å². The number of nitrogens with zero attached hydrogens (tertiary/aromatic N) is 2. The molecule has 5 nitrogen and oxygen atoms in total. The molecule has 0 aliphatic carbocycles. The molecule has 0 bridgehead atoms. The van der Waals surface area contributed by atoms with Crippen LogP contribution in [0, 0.1) is 0 Å². The lowest BCUT2D eigenvalue weighted by atomic mass is 10.2. The Balaban J connectivity index is 2.18. The molecule has 0 unspecified atom stereocenters. The molecule has 0 radical (unpaired) electrons. The molecule has 2 rings (SSSR count). The van der Waals surface area contributed by atoms with E-state index in [1.54, 1.807) is 0 Å². The van der Waals surface area contributed by atoms with Gasteiger partial charge in [-0.05, 0) is 30.7 Å². The van der Waals surface area contributed by atoms with E-state index in [0.29, 0.717) is 6.54 Å². The molecule has 0 fully saturated rings. The van der Waals surface area contributed by atoms with Crippen LogP contribution in [-0.2, 0) is 6.18 Å². The SMILES string of the molecule is CCCCNC(=O)c1ccnc(Nc2cc(C(F)(F)F)ccc2Cl)n1.